The van der Waals surface area contributed by atoms with E-state index >= 15 is 0 Å². The van der Waals surface area contributed by atoms with Crippen LogP contribution in [0.4, 0.5) is 0 Å². The molecule has 0 aliphatic carbocycles. The van der Waals surface area contributed by atoms with E-state index in [2.05, 4.69) is 0 Å². The van der Waals surface area contributed by atoms with Gasteiger partial charge < -0.3 is 0 Å². The van der Waals surface area contributed by atoms with Crippen LogP contribution in [0.25, 0.3) is 0 Å². The normalized spacial score (nSPS) is 8.80. The molecule has 0 saturated heterocycles. The predicted octanol–water partition coefficient (Wildman–Crippen LogP) is 0.151. The van der Waals surface area contributed by atoms with E-state index in [0.29, 0.717) is 6.29 Å². The van der Waals surface area contributed by atoms with Crippen molar-refractivity contribution in [3.8, 4) is 0 Å². The number of hydrogen-bond acceptors (Lipinski definition) is 4. The summed E-state index contributed by atoms with van der Waals surface area (Å²) in [5.41, 5.74) is -0.535. The van der Waals surface area contributed by atoms with Crippen molar-refractivity contribution in [1.29, 1.82) is 5.41 Å². The van der Waals surface area contributed by atoms with Crippen LogP contribution < -0.4 is 0 Å². The zero-order chi connectivity index (χ0) is 7.98. The molecule has 0 amide bonds. The molecule has 0 bridgehead atoms. The van der Waals surface area contributed by atoms with E-state index in [1.165, 1.54) is 0 Å². The molecule has 0 rings (SSSR count). The molecule has 10 heavy (non-hydrogen) atoms. The summed E-state index contributed by atoms with van der Waals surface area (Å²) >= 11 is 0. The molecule has 0 aromatic rings. The maximum Gasteiger partial charge on any atom is 0.329 e. The van der Waals surface area contributed by atoms with E-state index in [0.717, 1.165) is 12.2 Å². The van der Waals surface area contributed by atoms with Gasteiger partial charge in [-0.15, -0.1) is 0 Å². The summed E-state index contributed by atoms with van der Waals surface area (Å²) in [6.07, 6.45) is 2.22. The minimum absolute atomic E-state index is 0.390. The number of nitrogens with zero attached hydrogens (tertiary/aromatic N) is 1. The number of aldehydes is 1. The number of nitro groups is 1. The van der Waals surface area contributed by atoms with Gasteiger partial charge >= 0.3 is 5.70 Å². The lowest BCUT2D eigenvalue weighted by Crippen LogP contribution is -1.95. The van der Waals surface area contributed by atoms with E-state index in [9.17, 15) is 14.9 Å². The van der Waals surface area contributed by atoms with Gasteiger partial charge in [0.05, 0.1) is 10.8 Å². The van der Waals surface area contributed by atoms with Crippen LogP contribution in [0.15, 0.2) is 17.8 Å². The summed E-state index contributed by atoms with van der Waals surface area (Å²) in [6.45, 7) is 0. The molecule has 0 spiro atoms. The Morgan fingerprint density at radius 3 is 2.60 bits per heavy atom. The van der Waals surface area contributed by atoms with Gasteiger partial charge in [0.25, 0.3) is 0 Å². The number of nitrogens with one attached hydrogen (secondary N) is 1. The zero-order valence-electron chi connectivity index (χ0n) is 4.90. The second-order valence-electron chi connectivity index (χ2n) is 1.26. The third-order valence-electron chi connectivity index (χ3n) is 0.657. The molecule has 52 valence electrons. The highest BCUT2D eigenvalue weighted by molar-refractivity contribution is 5.67. The molecule has 0 aliphatic rings. The second-order valence-corrected chi connectivity index (χ2v) is 1.26. The molecule has 0 fully saturated rings. The van der Waals surface area contributed by atoms with E-state index in [1.54, 1.807) is 5.87 Å². The Morgan fingerprint density at radius 2 is 2.30 bits per heavy atom. The van der Waals surface area contributed by atoms with E-state index < -0.39 is 10.6 Å². The quantitative estimate of drug-likeness (QED) is 0.151. The highest BCUT2D eigenvalue weighted by Crippen LogP contribution is 1.89. The van der Waals surface area contributed by atoms with Crippen LogP contribution in [0, 0.1) is 15.5 Å². The van der Waals surface area contributed by atoms with Crippen LogP contribution in [-0.4, -0.2) is 17.1 Å². The Morgan fingerprint density at radius 1 is 1.70 bits per heavy atom. The summed E-state index contributed by atoms with van der Waals surface area (Å²) in [6, 6.07) is 0. The maximum atomic E-state index is 9.86. The van der Waals surface area contributed by atoms with Gasteiger partial charge in [-0.05, 0) is 6.08 Å². The molecule has 0 aromatic carbocycles. The van der Waals surface area contributed by atoms with Gasteiger partial charge in [-0.2, -0.15) is 0 Å². The predicted molar refractivity (Wildman–Crippen MR) is 33.4 cm³/mol. The molecule has 0 aliphatic heterocycles. The summed E-state index contributed by atoms with van der Waals surface area (Å²) < 4.78 is 0. The average molecular weight is 140 g/mol. The Balaban J connectivity index is 4.41. The molecule has 5 nitrogen and oxygen atoms in total. The summed E-state index contributed by atoms with van der Waals surface area (Å²) in [5, 5.41) is 16.2. The van der Waals surface area contributed by atoms with E-state index in [4.69, 9.17) is 5.41 Å². The first kappa shape index (κ1) is 8.26. The fourth-order valence-electron chi connectivity index (χ4n) is 0.279. The standard InChI is InChI=1S/C5H4N2O3/c6-4-5(7(9)10)2-1-3-8/h1-3,6H/b2-1+. The highest BCUT2D eigenvalue weighted by Gasteiger charge is 2.02. The van der Waals surface area contributed by atoms with Gasteiger partial charge in [0.15, 0.2) is 0 Å². The zero-order valence-corrected chi connectivity index (χ0v) is 4.90. The molecule has 0 heterocycles. The minimum atomic E-state index is -0.799. The Hall–Kier alpha value is -1.74. The Labute approximate surface area is 56.3 Å². The second kappa shape index (κ2) is 4.17. The maximum absolute atomic E-state index is 9.86. The average Bonchev–Trinajstić information content (AvgIpc) is 1.89. The largest absolute Gasteiger partial charge is 0.329 e. The van der Waals surface area contributed by atoms with Crippen molar-refractivity contribution in [3.63, 3.8) is 0 Å². The first-order valence-electron chi connectivity index (χ1n) is 2.28. The van der Waals surface area contributed by atoms with Crippen LogP contribution in [0.2, 0.25) is 0 Å². The SMILES string of the molecule is N=C=C(/C=C/C=O)[N+](=O)[O-]. The fourth-order valence-corrected chi connectivity index (χ4v) is 0.279. The van der Waals surface area contributed by atoms with Gasteiger partial charge in [0.2, 0.25) is 0 Å². The van der Waals surface area contributed by atoms with Crippen molar-refractivity contribution in [3.05, 3.63) is 28.0 Å². The molecule has 0 radical (unpaired) electrons. The van der Waals surface area contributed by atoms with Gasteiger partial charge in [-0.1, -0.05) is 0 Å². The number of rotatable bonds is 3. The van der Waals surface area contributed by atoms with Crippen molar-refractivity contribution in [2.24, 2.45) is 0 Å². The van der Waals surface area contributed by atoms with Crippen LogP contribution in [0.1, 0.15) is 0 Å². The molecule has 0 saturated carbocycles. The van der Waals surface area contributed by atoms with Crippen molar-refractivity contribution in [2.75, 3.05) is 0 Å². The summed E-state index contributed by atoms with van der Waals surface area (Å²) in [4.78, 5) is 18.7. The van der Waals surface area contributed by atoms with Crippen molar-refractivity contribution < 1.29 is 9.72 Å². The Bertz CT molecular complexity index is 225. The molecule has 1 N–H and O–H groups in total. The molecule has 0 aromatic heterocycles. The molecule has 5 heteroatoms. The molecular formula is C5H4N2O3. The third-order valence-corrected chi connectivity index (χ3v) is 0.657. The van der Waals surface area contributed by atoms with E-state index in [1.807, 2.05) is 0 Å². The number of carbonyl (C=O) groups excluding carboxylic acids is 1. The van der Waals surface area contributed by atoms with Gasteiger partial charge in [0.1, 0.15) is 6.29 Å². The van der Waals surface area contributed by atoms with Crippen molar-refractivity contribution in [1.82, 2.24) is 0 Å². The number of hydrogen-bond donors (Lipinski definition) is 1. The lowest BCUT2D eigenvalue weighted by atomic mass is 10.4. The highest BCUT2D eigenvalue weighted by atomic mass is 16.6. The van der Waals surface area contributed by atoms with Crippen LogP contribution in [0.5, 0.6) is 0 Å². The molecular weight excluding hydrogens is 136 g/mol. The van der Waals surface area contributed by atoms with Crippen molar-refractivity contribution >= 4 is 12.2 Å². The molecule has 0 unspecified atom stereocenters. The monoisotopic (exact) mass is 140 g/mol. The lowest BCUT2D eigenvalue weighted by Gasteiger charge is -1.80. The molecule has 0 atom stereocenters. The smallest absolute Gasteiger partial charge is 0.299 e. The third kappa shape index (κ3) is 2.54. The first-order chi connectivity index (χ1) is 4.72. The number of allylic oxidation sites excluding steroid dienone is 2. The topological polar surface area (TPSA) is 84.1 Å². The van der Waals surface area contributed by atoms with Crippen LogP contribution in [0.3, 0.4) is 0 Å². The van der Waals surface area contributed by atoms with Gasteiger partial charge in [-0.25, -0.2) is 0 Å². The Kier molecular flexibility index (Phi) is 3.44. The van der Waals surface area contributed by atoms with Crippen LogP contribution in [-0.2, 0) is 4.79 Å². The summed E-state index contributed by atoms with van der Waals surface area (Å²) in [7, 11) is 0. The first-order valence-corrected chi connectivity index (χ1v) is 2.28. The summed E-state index contributed by atoms with van der Waals surface area (Å²) in [5.74, 6) is 1.56. The van der Waals surface area contributed by atoms with Crippen molar-refractivity contribution in [2.45, 2.75) is 0 Å². The van der Waals surface area contributed by atoms with Gasteiger partial charge in [0, 0.05) is 6.08 Å². The van der Waals surface area contributed by atoms with Crippen LogP contribution >= 0.6 is 0 Å². The minimum Gasteiger partial charge on any atom is -0.299 e. The number of carbonyl (C=O) groups is 1. The van der Waals surface area contributed by atoms with Gasteiger partial charge in [-0.3, -0.25) is 20.3 Å². The van der Waals surface area contributed by atoms with E-state index in [-0.39, 0.29) is 0 Å². The fraction of sp³-hybridized carbons (Fsp3) is 0. The lowest BCUT2D eigenvalue weighted by molar-refractivity contribution is -0.416.